The molecule has 0 aliphatic heterocycles. The number of carbonyl (C=O) groups is 3. The third-order valence-corrected chi connectivity index (χ3v) is 11.6. The van der Waals surface area contributed by atoms with Gasteiger partial charge in [0.2, 0.25) is 0 Å². The van der Waals surface area contributed by atoms with Gasteiger partial charge in [-0.25, -0.2) is 4.57 Å². The SMILES string of the molecule is CCCCCCCCCCCCCCCCCCCCCCCC(=O)OC[C@H](COP(=O)(O)OC[C@H](N)C(=O)O)OC(=O)CCC/C=C\C/C=C\C/C=C\C/C=C\CCCCCO. The van der Waals surface area contributed by atoms with Gasteiger partial charge in [-0.3, -0.25) is 23.4 Å². The van der Waals surface area contributed by atoms with Crippen molar-refractivity contribution in [2.75, 3.05) is 26.4 Å². The number of phosphoric ester groups is 1. The number of carboxylic acids is 1. The third-order valence-electron chi connectivity index (χ3n) is 10.6. The number of rotatable bonds is 47. The predicted octanol–water partition coefficient (Wildman–Crippen LogP) is 12.7. The van der Waals surface area contributed by atoms with Gasteiger partial charge in [0.1, 0.15) is 12.6 Å². The van der Waals surface area contributed by atoms with Gasteiger partial charge in [0.25, 0.3) is 0 Å². The van der Waals surface area contributed by atoms with Crippen LogP contribution in [0.25, 0.3) is 0 Å². The van der Waals surface area contributed by atoms with E-state index in [-0.39, 0.29) is 26.1 Å². The monoisotopic (exact) mass is 912 g/mol. The molecule has 0 aromatic carbocycles. The van der Waals surface area contributed by atoms with Crippen molar-refractivity contribution in [1.29, 1.82) is 0 Å². The molecule has 0 rings (SSSR count). The normalized spacial score (nSPS) is 14.0. The van der Waals surface area contributed by atoms with E-state index < -0.39 is 51.1 Å². The first kappa shape index (κ1) is 60.4. The summed E-state index contributed by atoms with van der Waals surface area (Å²) in [5.74, 6) is -2.46. The Morgan fingerprint density at radius 3 is 1.38 bits per heavy atom. The Morgan fingerprint density at radius 1 is 0.524 bits per heavy atom. The molecule has 0 aromatic heterocycles. The zero-order valence-corrected chi connectivity index (χ0v) is 40.3. The Hall–Kier alpha value is -2.60. The van der Waals surface area contributed by atoms with Crippen molar-refractivity contribution in [3.8, 4) is 0 Å². The molecule has 12 nitrogen and oxygen atoms in total. The molecule has 0 aliphatic rings. The van der Waals surface area contributed by atoms with Crippen molar-refractivity contribution in [3.63, 3.8) is 0 Å². The lowest BCUT2D eigenvalue weighted by molar-refractivity contribution is -0.161. The number of aliphatic carboxylic acids is 1. The molecule has 5 N–H and O–H groups in total. The number of unbranched alkanes of at least 4 members (excludes halogenated alkanes) is 24. The first-order chi connectivity index (χ1) is 30.6. The van der Waals surface area contributed by atoms with Gasteiger partial charge in [-0.15, -0.1) is 0 Å². The average Bonchev–Trinajstić information content (AvgIpc) is 3.26. The van der Waals surface area contributed by atoms with Crippen molar-refractivity contribution < 1.29 is 52.6 Å². The molecule has 0 radical (unpaired) electrons. The van der Waals surface area contributed by atoms with E-state index in [9.17, 15) is 23.8 Å². The molecule has 0 saturated heterocycles. The van der Waals surface area contributed by atoms with Crippen LogP contribution in [-0.2, 0) is 37.5 Å². The maximum absolute atomic E-state index is 12.6. The maximum atomic E-state index is 12.6. The van der Waals surface area contributed by atoms with E-state index >= 15 is 0 Å². The molecule has 0 spiro atoms. The largest absolute Gasteiger partial charge is 0.480 e. The fraction of sp³-hybridized carbons (Fsp3) is 0.780. The summed E-state index contributed by atoms with van der Waals surface area (Å²) < 4.78 is 32.7. The average molecular weight is 912 g/mol. The van der Waals surface area contributed by atoms with E-state index in [0.717, 1.165) is 64.2 Å². The number of ether oxygens (including phenoxy) is 2. The van der Waals surface area contributed by atoms with E-state index in [1.54, 1.807) is 0 Å². The lowest BCUT2D eigenvalue weighted by Gasteiger charge is -2.20. The number of nitrogens with two attached hydrogens (primary N) is 1. The van der Waals surface area contributed by atoms with Crippen molar-refractivity contribution in [3.05, 3.63) is 48.6 Å². The summed E-state index contributed by atoms with van der Waals surface area (Å²) in [6, 6.07) is -1.54. The van der Waals surface area contributed by atoms with E-state index in [1.807, 2.05) is 12.2 Å². The molecule has 13 heteroatoms. The molecule has 366 valence electrons. The number of allylic oxidation sites excluding steroid dienone is 8. The zero-order chi connectivity index (χ0) is 46.3. The molecule has 0 amide bonds. The number of hydrogen-bond donors (Lipinski definition) is 4. The Labute approximate surface area is 382 Å². The summed E-state index contributed by atoms with van der Waals surface area (Å²) in [7, 11) is -4.74. The smallest absolute Gasteiger partial charge is 0.472 e. The highest BCUT2D eigenvalue weighted by Crippen LogP contribution is 2.43. The van der Waals surface area contributed by atoms with Crippen molar-refractivity contribution in [1.82, 2.24) is 0 Å². The molecule has 63 heavy (non-hydrogen) atoms. The number of aliphatic hydroxyl groups is 1. The van der Waals surface area contributed by atoms with Crippen LogP contribution in [0.1, 0.15) is 212 Å². The quantitative estimate of drug-likeness (QED) is 0.0196. The lowest BCUT2D eigenvalue weighted by Crippen LogP contribution is -2.34. The van der Waals surface area contributed by atoms with Crippen LogP contribution in [0.3, 0.4) is 0 Å². The Bertz CT molecular complexity index is 1250. The third kappa shape index (κ3) is 45.8. The van der Waals surface area contributed by atoms with Gasteiger partial charge in [-0.2, -0.15) is 0 Å². The standard InChI is InChI=1S/C50H90NO11P/c1-2-3-4-5-6-7-8-9-10-11-12-13-14-16-19-22-25-28-31-34-37-40-48(53)59-43-46(44-60-63(57,58)61-45-47(51)50(55)56)62-49(54)41-38-35-32-29-26-23-20-17-15-18-21-24-27-30-33-36-39-42-52/h15,18,20,23-24,27,29,32,46-47,52H,2-14,16-17,19,21-22,25-26,28,30-31,33-45,51H2,1H3,(H,55,56)(H,57,58)/b18-15-,23-20-,27-24-,32-29-/t46-,47+/m1/s1. The fourth-order valence-electron chi connectivity index (χ4n) is 6.74. The predicted molar refractivity (Wildman–Crippen MR) is 255 cm³/mol. The number of carbonyl (C=O) groups excluding carboxylic acids is 2. The van der Waals surface area contributed by atoms with Crippen molar-refractivity contribution in [2.24, 2.45) is 5.73 Å². The Kier molecular flexibility index (Phi) is 44.1. The maximum Gasteiger partial charge on any atom is 0.472 e. The van der Waals surface area contributed by atoms with Crippen LogP contribution in [0.4, 0.5) is 0 Å². The van der Waals surface area contributed by atoms with Gasteiger partial charge in [0.05, 0.1) is 13.2 Å². The van der Waals surface area contributed by atoms with Gasteiger partial charge in [-0.05, 0) is 57.8 Å². The first-order valence-corrected chi connectivity index (χ1v) is 26.3. The Balaban J connectivity index is 4.31. The minimum Gasteiger partial charge on any atom is -0.480 e. The van der Waals surface area contributed by atoms with Crippen LogP contribution in [0, 0.1) is 0 Å². The summed E-state index contributed by atoms with van der Waals surface area (Å²) in [6.07, 6.45) is 50.6. The summed E-state index contributed by atoms with van der Waals surface area (Å²) >= 11 is 0. The number of phosphoric acid groups is 1. The summed E-state index contributed by atoms with van der Waals surface area (Å²) in [4.78, 5) is 46.1. The lowest BCUT2D eigenvalue weighted by atomic mass is 10.0. The second-order valence-corrected chi connectivity index (χ2v) is 18.1. The topological polar surface area (TPSA) is 192 Å². The highest BCUT2D eigenvalue weighted by atomic mass is 31.2. The molecule has 0 aromatic rings. The summed E-state index contributed by atoms with van der Waals surface area (Å²) in [5, 5.41) is 17.7. The highest BCUT2D eigenvalue weighted by Gasteiger charge is 2.28. The minimum atomic E-state index is -4.74. The highest BCUT2D eigenvalue weighted by molar-refractivity contribution is 7.47. The molecular formula is C50H90NO11P. The van der Waals surface area contributed by atoms with Gasteiger partial charge >= 0.3 is 25.7 Å². The molecule has 3 atom stereocenters. The van der Waals surface area contributed by atoms with Crippen LogP contribution < -0.4 is 5.73 Å². The second-order valence-electron chi connectivity index (χ2n) is 16.7. The van der Waals surface area contributed by atoms with E-state index in [4.69, 9.17) is 29.9 Å². The number of carboxylic acid groups (broad SMARTS) is 1. The van der Waals surface area contributed by atoms with E-state index in [2.05, 4.69) is 47.9 Å². The van der Waals surface area contributed by atoms with Crippen LogP contribution >= 0.6 is 7.82 Å². The van der Waals surface area contributed by atoms with Crippen molar-refractivity contribution >= 4 is 25.7 Å². The summed E-state index contributed by atoms with van der Waals surface area (Å²) in [6.45, 7) is 0.781. The fourth-order valence-corrected chi connectivity index (χ4v) is 7.52. The number of aliphatic hydroxyl groups excluding tert-OH is 1. The molecule has 0 aliphatic carbocycles. The van der Waals surface area contributed by atoms with Gasteiger partial charge in [0.15, 0.2) is 6.10 Å². The Morgan fingerprint density at radius 2 is 0.921 bits per heavy atom. The number of hydrogen-bond acceptors (Lipinski definition) is 10. The van der Waals surface area contributed by atoms with E-state index in [1.165, 1.54) is 109 Å². The molecule has 0 fully saturated rings. The molecular weight excluding hydrogens is 822 g/mol. The van der Waals surface area contributed by atoms with E-state index in [0.29, 0.717) is 19.3 Å². The van der Waals surface area contributed by atoms with Crippen LogP contribution in [0.2, 0.25) is 0 Å². The van der Waals surface area contributed by atoms with Crippen molar-refractivity contribution in [2.45, 2.75) is 225 Å². The summed E-state index contributed by atoms with van der Waals surface area (Å²) in [5.41, 5.74) is 5.34. The molecule has 1 unspecified atom stereocenters. The first-order valence-electron chi connectivity index (χ1n) is 24.8. The van der Waals surface area contributed by atoms with Gasteiger partial charge in [0, 0.05) is 19.4 Å². The van der Waals surface area contributed by atoms with Gasteiger partial charge in [-0.1, -0.05) is 190 Å². The van der Waals surface area contributed by atoms with Crippen LogP contribution in [0.5, 0.6) is 0 Å². The molecule has 0 bridgehead atoms. The zero-order valence-electron chi connectivity index (χ0n) is 39.4. The molecule has 0 heterocycles. The minimum absolute atomic E-state index is 0.0761. The molecule has 0 saturated carbocycles. The van der Waals surface area contributed by atoms with Crippen LogP contribution in [-0.4, -0.2) is 71.6 Å². The van der Waals surface area contributed by atoms with Crippen LogP contribution in [0.15, 0.2) is 48.6 Å². The number of esters is 2. The van der Waals surface area contributed by atoms with Gasteiger partial charge < -0.3 is 30.3 Å². The second kappa shape index (κ2) is 45.9.